The molecule has 1 aromatic carbocycles. The van der Waals surface area contributed by atoms with Crippen LogP contribution < -0.4 is 0 Å². The molecule has 0 aliphatic rings. The fourth-order valence-electron chi connectivity index (χ4n) is 2.04. The first-order chi connectivity index (χ1) is 7.65. The Hall–Kier alpha value is -0.600. The number of hydrogen-bond acceptors (Lipinski definition) is 1. The Labute approximate surface area is 106 Å². The van der Waals surface area contributed by atoms with Crippen molar-refractivity contribution < 1.29 is 0 Å². The molecule has 0 spiro atoms. The Morgan fingerprint density at radius 1 is 1.38 bits per heavy atom. The van der Waals surface area contributed by atoms with Crippen LogP contribution in [0.3, 0.4) is 0 Å². The fraction of sp³-hybridized carbons (Fsp3) is 0.385. The van der Waals surface area contributed by atoms with Gasteiger partial charge in [0.25, 0.3) is 0 Å². The molecule has 0 N–H and O–H groups in total. The van der Waals surface area contributed by atoms with Crippen molar-refractivity contribution in [2.24, 2.45) is 0 Å². The number of rotatable bonds is 3. The number of aromatic nitrogens is 1. The van der Waals surface area contributed by atoms with Crippen LogP contribution in [0.4, 0.5) is 0 Å². The molecule has 0 bridgehead atoms. The molecule has 0 amide bonds. The van der Waals surface area contributed by atoms with Gasteiger partial charge >= 0.3 is 0 Å². The number of halogens is 1. The predicted octanol–water partition coefficient (Wildman–Crippen LogP) is 4.74. The van der Waals surface area contributed by atoms with Gasteiger partial charge < -0.3 is 4.57 Å². The van der Waals surface area contributed by atoms with Crippen molar-refractivity contribution in [2.45, 2.75) is 25.6 Å². The topological polar surface area (TPSA) is 4.93 Å². The lowest BCUT2D eigenvalue weighted by atomic mass is 10.2. The van der Waals surface area contributed by atoms with Gasteiger partial charge in [0, 0.05) is 23.4 Å². The maximum absolute atomic E-state index is 6.29. The molecule has 3 heteroatoms. The van der Waals surface area contributed by atoms with Crippen molar-refractivity contribution in [1.29, 1.82) is 0 Å². The molecule has 0 atom stereocenters. The van der Waals surface area contributed by atoms with E-state index in [0.29, 0.717) is 6.04 Å². The molecule has 1 heterocycles. The van der Waals surface area contributed by atoms with E-state index in [2.05, 4.69) is 36.9 Å². The molecule has 16 heavy (non-hydrogen) atoms. The molecule has 0 radical (unpaired) electrons. The normalized spacial score (nSPS) is 11.6. The average molecular weight is 254 g/mol. The van der Waals surface area contributed by atoms with E-state index < -0.39 is 0 Å². The van der Waals surface area contributed by atoms with Crippen molar-refractivity contribution in [3.63, 3.8) is 0 Å². The van der Waals surface area contributed by atoms with Crippen LogP contribution in [0, 0.1) is 0 Å². The van der Waals surface area contributed by atoms with E-state index in [1.807, 2.05) is 23.9 Å². The van der Waals surface area contributed by atoms with Gasteiger partial charge in [0.2, 0.25) is 0 Å². The quantitative estimate of drug-likeness (QED) is 0.765. The van der Waals surface area contributed by atoms with Gasteiger partial charge in [0.1, 0.15) is 0 Å². The van der Waals surface area contributed by atoms with Gasteiger partial charge in [-0.2, -0.15) is 11.8 Å². The molecule has 0 unspecified atom stereocenters. The molecule has 2 aromatic rings. The van der Waals surface area contributed by atoms with Gasteiger partial charge in [-0.1, -0.05) is 17.7 Å². The van der Waals surface area contributed by atoms with Gasteiger partial charge in [-0.15, -0.1) is 0 Å². The molecule has 0 aliphatic heterocycles. The molecule has 86 valence electrons. The van der Waals surface area contributed by atoms with Crippen molar-refractivity contribution in [3.05, 3.63) is 35.0 Å². The first kappa shape index (κ1) is 11.9. The molecule has 0 aliphatic carbocycles. The van der Waals surface area contributed by atoms with Crippen LogP contribution in [0.15, 0.2) is 24.4 Å². The zero-order valence-corrected chi connectivity index (χ0v) is 11.4. The highest BCUT2D eigenvalue weighted by molar-refractivity contribution is 7.97. The lowest BCUT2D eigenvalue weighted by Crippen LogP contribution is -1.97. The smallest absolute Gasteiger partial charge is 0.0502 e. The maximum atomic E-state index is 6.29. The van der Waals surface area contributed by atoms with Crippen molar-refractivity contribution in [3.8, 4) is 0 Å². The largest absolute Gasteiger partial charge is 0.345 e. The molecule has 2 rings (SSSR count). The van der Waals surface area contributed by atoms with E-state index in [9.17, 15) is 0 Å². The van der Waals surface area contributed by atoms with Crippen LogP contribution in [0.25, 0.3) is 10.9 Å². The zero-order chi connectivity index (χ0) is 11.7. The Bertz CT molecular complexity index is 502. The van der Waals surface area contributed by atoms with E-state index in [0.717, 1.165) is 10.8 Å². The van der Waals surface area contributed by atoms with Crippen LogP contribution in [-0.4, -0.2) is 10.8 Å². The van der Waals surface area contributed by atoms with E-state index in [-0.39, 0.29) is 0 Å². The highest BCUT2D eigenvalue weighted by Gasteiger charge is 2.12. The SMILES string of the molecule is CSCc1cn(C(C)C)c2cccc(Cl)c12. The van der Waals surface area contributed by atoms with Crippen molar-refractivity contribution in [2.75, 3.05) is 6.26 Å². The summed E-state index contributed by atoms with van der Waals surface area (Å²) in [5.41, 5.74) is 2.58. The molecular weight excluding hydrogens is 238 g/mol. The maximum Gasteiger partial charge on any atom is 0.0502 e. The summed E-state index contributed by atoms with van der Waals surface area (Å²) in [5.74, 6) is 1.01. The van der Waals surface area contributed by atoms with Crippen LogP contribution in [0.1, 0.15) is 25.5 Å². The van der Waals surface area contributed by atoms with Gasteiger partial charge in [0.15, 0.2) is 0 Å². The standard InChI is InChI=1S/C13H16ClNS/c1-9(2)15-7-10(8-16-3)13-11(14)5-4-6-12(13)15/h4-7,9H,8H2,1-3H3. The van der Waals surface area contributed by atoms with Crippen LogP contribution in [-0.2, 0) is 5.75 Å². The minimum Gasteiger partial charge on any atom is -0.345 e. The Morgan fingerprint density at radius 3 is 2.75 bits per heavy atom. The third kappa shape index (κ3) is 1.96. The van der Waals surface area contributed by atoms with Crippen LogP contribution >= 0.6 is 23.4 Å². The van der Waals surface area contributed by atoms with Crippen molar-refractivity contribution in [1.82, 2.24) is 4.57 Å². The number of thioether (sulfide) groups is 1. The fourth-order valence-corrected chi connectivity index (χ4v) is 2.86. The molecule has 1 nitrogen and oxygen atoms in total. The number of benzene rings is 1. The van der Waals surface area contributed by atoms with Gasteiger partial charge in [0.05, 0.1) is 10.5 Å². The second-order valence-corrected chi connectivity index (χ2v) is 5.50. The van der Waals surface area contributed by atoms with E-state index in [4.69, 9.17) is 11.6 Å². The Morgan fingerprint density at radius 2 is 2.12 bits per heavy atom. The summed E-state index contributed by atoms with van der Waals surface area (Å²) in [4.78, 5) is 0. The number of nitrogens with zero attached hydrogens (tertiary/aromatic N) is 1. The summed E-state index contributed by atoms with van der Waals surface area (Å²) >= 11 is 8.12. The summed E-state index contributed by atoms with van der Waals surface area (Å²) in [6.45, 7) is 4.40. The highest BCUT2D eigenvalue weighted by Crippen LogP contribution is 2.32. The third-order valence-electron chi connectivity index (χ3n) is 2.74. The zero-order valence-electron chi connectivity index (χ0n) is 9.83. The second-order valence-electron chi connectivity index (χ2n) is 4.22. The molecular formula is C13H16ClNS. The first-order valence-electron chi connectivity index (χ1n) is 5.42. The Kier molecular flexibility index (Phi) is 3.50. The monoisotopic (exact) mass is 253 g/mol. The molecule has 1 aromatic heterocycles. The highest BCUT2D eigenvalue weighted by atomic mass is 35.5. The summed E-state index contributed by atoms with van der Waals surface area (Å²) in [6.07, 6.45) is 4.35. The van der Waals surface area contributed by atoms with Crippen molar-refractivity contribution >= 4 is 34.3 Å². The summed E-state index contributed by atoms with van der Waals surface area (Å²) in [7, 11) is 0. The van der Waals surface area contributed by atoms with Crippen LogP contribution in [0.2, 0.25) is 5.02 Å². The van der Waals surface area contributed by atoms with Gasteiger partial charge in [-0.05, 0) is 37.8 Å². The average Bonchev–Trinajstić information content (AvgIpc) is 2.59. The van der Waals surface area contributed by atoms with E-state index >= 15 is 0 Å². The molecule has 0 saturated carbocycles. The van der Waals surface area contributed by atoms with Crippen LogP contribution in [0.5, 0.6) is 0 Å². The minimum absolute atomic E-state index is 0.469. The molecule has 0 fully saturated rings. The van der Waals surface area contributed by atoms with Gasteiger partial charge in [-0.3, -0.25) is 0 Å². The second kappa shape index (κ2) is 4.72. The third-order valence-corrected chi connectivity index (χ3v) is 3.66. The summed E-state index contributed by atoms with van der Waals surface area (Å²) in [6, 6.07) is 6.60. The predicted molar refractivity (Wildman–Crippen MR) is 74.6 cm³/mol. The minimum atomic E-state index is 0.469. The Balaban J connectivity index is 2.71. The van der Waals surface area contributed by atoms with E-state index in [1.54, 1.807) is 0 Å². The lowest BCUT2D eigenvalue weighted by Gasteiger charge is -2.08. The first-order valence-corrected chi connectivity index (χ1v) is 7.19. The summed E-state index contributed by atoms with van der Waals surface area (Å²) in [5, 5.41) is 2.08. The lowest BCUT2D eigenvalue weighted by molar-refractivity contribution is 0.622. The van der Waals surface area contributed by atoms with E-state index in [1.165, 1.54) is 16.5 Å². The summed E-state index contributed by atoms with van der Waals surface area (Å²) < 4.78 is 2.30. The van der Waals surface area contributed by atoms with Gasteiger partial charge in [-0.25, -0.2) is 0 Å². The number of fused-ring (bicyclic) bond motifs is 1. The molecule has 0 saturated heterocycles. The number of hydrogen-bond donors (Lipinski definition) is 0.